The van der Waals surface area contributed by atoms with E-state index in [0.29, 0.717) is 17.7 Å². The number of methoxy groups -OCH3 is 1. The Labute approximate surface area is 139 Å². The van der Waals surface area contributed by atoms with Crippen molar-refractivity contribution in [2.45, 2.75) is 13.3 Å². The van der Waals surface area contributed by atoms with Crippen LogP contribution in [0.25, 0.3) is 0 Å². The zero-order chi connectivity index (χ0) is 17.5. The number of rotatable bonds is 6. The number of nitrogens with zero attached hydrogens (tertiary/aromatic N) is 2. The highest BCUT2D eigenvalue weighted by molar-refractivity contribution is 5.94. The van der Waals surface area contributed by atoms with Gasteiger partial charge in [0.05, 0.1) is 23.3 Å². The molecule has 124 valence electrons. The summed E-state index contributed by atoms with van der Waals surface area (Å²) in [6, 6.07) is 13.1. The van der Waals surface area contributed by atoms with Crippen LogP contribution < -0.4 is 5.43 Å². The minimum Gasteiger partial charge on any atom is -0.465 e. The van der Waals surface area contributed by atoms with Gasteiger partial charge in [-0.1, -0.05) is 18.2 Å². The van der Waals surface area contributed by atoms with E-state index >= 15 is 0 Å². The lowest BCUT2D eigenvalue weighted by molar-refractivity contribution is -0.384. The second-order valence-corrected chi connectivity index (χ2v) is 5.09. The summed E-state index contributed by atoms with van der Waals surface area (Å²) < 4.78 is 4.77. The number of ether oxygens (including phenoxy) is 1. The van der Waals surface area contributed by atoms with Gasteiger partial charge in [-0.25, -0.2) is 4.79 Å². The molecule has 0 bridgehead atoms. The van der Waals surface area contributed by atoms with Crippen molar-refractivity contribution < 1.29 is 14.5 Å². The first-order valence-electron chi connectivity index (χ1n) is 7.21. The number of carbonyl (C=O) groups excluding carboxylic acids is 1. The average Bonchev–Trinajstić information content (AvgIpc) is 2.60. The second-order valence-electron chi connectivity index (χ2n) is 5.09. The number of non-ortho nitro benzene ring substituents is 1. The molecule has 2 aromatic rings. The number of hydrazone groups is 1. The van der Waals surface area contributed by atoms with Crippen LogP contribution in [0, 0.1) is 10.1 Å². The first-order valence-corrected chi connectivity index (χ1v) is 7.21. The molecule has 0 aliphatic rings. The molecule has 7 heteroatoms. The Morgan fingerprint density at radius 2 is 1.88 bits per heavy atom. The molecule has 0 aliphatic carbocycles. The molecular formula is C17H17N3O4. The van der Waals surface area contributed by atoms with Gasteiger partial charge in [-0.05, 0) is 30.7 Å². The van der Waals surface area contributed by atoms with Crippen molar-refractivity contribution in [3.05, 3.63) is 69.8 Å². The molecule has 1 N–H and O–H groups in total. The lowest BCUT2D eigenvalue weighted by atomic mass is 10.0. The van der Waals surface area contributed by atoms with Crippen molar-refractivity contribution in [2.75, 3.05) is 12.5 Å². The van der Waals surface area contributed by atoms with Crippen LogP contribution in [-0.4, -0.2) is 23.7 Å². The molecule has 0 fully saturated rings. The fraction of sp³-hybridized carbons (Fsp3) is 0.176. The van der Waals surface area contributed by atoms with Gasteiger partial charge in [-0.3, -0.25) is 15.5 Å². The number of benzene rings is 2. The Morgan fingerprint density at radius 1 is 1.21 bits per heavy atom. The van der Waals surface area contributed by atoms with Gasteiger partial charge in [0.2, 0.25) is 0 Å². The van der Waals surface area contributed by atoms with E-state index in [-0.39, 0.29) is 11.7 Å². The maximum absolute atomic E-state index is 11.7. The predicted molar refractivity (Wildman–Crippen MR) is 91.3 cm³/mol. The van der Waals surface area contributed by atoms with E-state index in [9.17, 15) is 14.9 Å². The molecule has 0 aromatic heterocycles. The Bertz CT molecular complexity index is 770. The molecule has 0 unspecified atom stereocenters. The molecule has 0 saturated carbocycles. The largest absolute Gasteiger partial charge is 0.465 e. The van der Waals surface area contributed by atoms with E-state index in [1.54, 1.807) is 24.3 Å². The van der Waals surface area contributed by atoms with Gasteiger partial charge in [0.15, 0.2) is 0 Å². The minimum atomic E-state index is -0.456. The van der Waals surface area contributed by atoms with Crippen molar-refractivity contribution >= 4 is 23.1 Å². The summed E-state index contributed by atoms with van der Waals surface area (Å²) in [5, 5.41) is 14.8. The molecule has 0 atom stereocenters. The second kappa shape index (κ2) is 7.87. The number of hydrogen-bond acceptors (Lipinski definition) is 6. The minimum absolute atomic E-state index is 0.0215. The molecular weight excluding hydrogens is 310 g/mol. The molecule has 7 nitrogen and oxygen atoms in total. The monoisotopic (exact) mass is 327 g/mol. The SMILES string of the molecule is COC(=O)c1ccccc1C/C(C)=N\Nc1ccc([N+](=O)[O-])cc1. The topological polar surface area (TPSA) is 93.8 Å². The van der Waals surface area contributed by atoms with Gasteiger partial charge in [-0.2, -0.15) is 5.10 Å². The van der Waals surface area contributed by atoms with E-state index in [2.05, 4.69) is 10.5 Å². The molecule has 2 aromatic carbocycles. The number of esters is 1. The Balaban J connectivity index is 2.07. The Morgan fingerprint density at radius 3 is 2.50 bits per heavy atom. The highest BCUT2D eigenvalue weighted by Gasteiger charge is 2.11. The molecule has 0 radical (unpaired) electrons. The van der Waals surface area contributed by atoms with Crippen molar-refractivity contribution in [1.29, 1.82) is 0 Å². The first-order chi connectivity index (χ1) is 11.5. The Hall–Kier alpha value is -3.22. The highest BCUT2D eigenvalue weighted by atomic mass is 16.6. The Kier molecular flexibility index (Phi) is 5.62. The summed E-state index contributed by atoms with van der Waals surface area (Å²) in [4.78, 5) is 21.9. The number of carbonyl (C=O) groups is 1. The van der Waals surface area contributed by atoms with E-state index in [1.165, 1.54) is 19.2 Å². The number of nitrogens with one attached hydrogen (secondary N) is 1. The predicted octanol–water partition coefficient (Wildman–Crippen LogP) is 3.41. The van der Waals surface area contributed by atoms with Gasteiger partial charge >= 0.3 is 5.97 Å². The quantitative estimate of drug-likeness (QED) is 0.380. The van der Waals surface area contributed by atoms with Crippen molar-refractivity contribution in [3.63, 3.8) is 0 Å². The zero-order valence-corrected chi connectivity index (χ0v) is 13.4. The third-order valence-corrected chi connectivity index (χ3v) is 3.32. The van der Waals surface area contributed by atoms with Crippen LogP contribution >= 0.6 is 0 Å². The third kappa shape index (κ3) is 4.39. The summed E-state index contributed by atoms with van der Waals surface area (Å²) >= 11 is 0. The van der Waals surface area contributed by atoms with Crippen molar-refractivity contribution in [2.24, 2.45) is 5.10 Å². The van der Waals surface area contributed by atoms with Crippen LogP contribution in [0.5, 0.6) is 0 Å². The highest BCUT2D eigenvalue weighted by Crippen LogP contribution is 2.16. The third-order valence-electron chi connectivity index (χ3n) is 3.32. The van der Waals surface area contributed by atoms with Crippen LogP contribution in [0.1, 0.15) is 22.8 Å². The van der Waals surface area contributed by atoms with E-state index in [4.69, 9.17) is 4.74 Å². The fourth-order valence-electron chi connectivity index (χ4n) is 2.12. The van der Waals surface area contributed by atoms with E-state index in [0.717, 1.165) is 11.3 Å². The van der Waals surface area contributed by atoms with Crippen LogP contribution in [0.2, 0.25) is 0 Å². The normalized spacial score (nSPS) is 11.0. The zero-order valence-electron chi connectivity index (χ0n) is 13.4. The lowest BCUT2D eigenvalue weighted by Gasteiger charge is -2.08. The fourth-order valence-corrected chi connectivity index (χ4v) is 2.12. The molecule has 0 saturated heterocycles. The summed E-state index contributed by atoms with van der Waals surface area (Å²) in [5.41, 5.74) is 5.58. The van der Waals surface area contributed by atoms with Gasteiger partial charge in [0.1, 0.15) is 0 Å². The molecule has 0 spiro atoms. The van der Waals surface area contributed by atoms with Crippen LogP contribution in [0.15, 0.2) is 53.6 Å². The van der Waals surface area contributed by atoms with Crippen molar-refractivity contribution in [1.82, 2.24) is 0 Å². The number of nitro benzene ring substituents is 1. The summed E-state index contributed by atoms with van der Waals surface area (Å²) in [6.45, 7) is 1.83. The first kappa shape index (κ1) is 17.1. The number of nitro groups is 1. The average molecular weight is 327 g/mol. The lowest BCUT2D eigenvalue weighted by Crippen LogP contribution is -2.09. The van der Waals surface area contributed by atoms with Crippen LogP contribution in [-0.2, 0) is 11.2 Å². The number of hydrogen-bond donors (Lipinski definition) is 1. The maximum atomic E-state index is 11.7. The molecule has 2 rings (SSSR count). The summed E-state index contributed by atoms with van der Waals surface area (Å²) in [7, 11) is 1.34. The van der Waals surface area contributed by atoms with Gasteiger partial charge < -0.3 is 4.74 Å². The molecule has 24 heavy (non-hydrogen) atoms. The molecule has 0 amide bonds. The van der Waals surface area contributed by atoms with Crippen molar-refractivity contribution in [3.8, 4) is 0 Å². The van der Waals surface area contributed by atoms with Gasteiger partial charge in [0.25, 0.3) is 5.69 Å². The van der Waals surface area contributed by atoms with E-state index in [1.807, 2.05) is 19.1 Å². The smallest absolute Gasteiger partial charge is 0.338 e. The summed E-state index contributed by atoms with van der Waals surface area (Å²) in [6.07, 6.45) is 0.477. The summed E-state index contributed by atoms with van der Waals surface area (Å²) in [5.74, 6) is -0.387. The van der Waals surface area contributed by atoms with Crippen LogP contribution in [0.4, 0.5) is 11.4 Å². The molecule has 0 heterocycles. The van der Waals surface area contributed by atoms with E-state index < -0.39 is 4.92 Å². The standard InChI is InChI=1S/C17H17N3O4/c1-12(11-13-5-3-4-6-16(13)17(21)24-2)18-19-14-7-9-15(10-8-14)20(22)23/h3-10,19H,11H2,1-2H3/b18-12-. The molecule has 0 aliphatic heterocycles. The van der Waals surface area contributed by atoms with Gasteiger partial charge in [-0.15, -0.1) is 0 Å². The van der Waals surface area contributed by atoms with Gasteiger partial charge in [0, 0.05) is 24.3 Å². The van der Waals surface area contributed by atoms with Crippen LogP contribution in [0.3, 0.4) is 0 Å². The maximum Gasteiger partial charge on any atom is 0.338 e. The number of anilines is 1.